The van der Waals surface area contributed by atoms with Gasteiger partial charge in [-0.05, 0) is 18.9 Å². The van der Waals surface area contributed by atoms with Gasteiger partial charge in [0.15, 0.2) is 0 Å². The minimum Gasteiger partial charge on any atom is -0.368 e. The van der Waals surface area contributed by atoms with E-state index in [0.717, 1.165) is 12.8 Å². The number of carbonyl (C=O) groups excluding carboxylic acids is 1. The van der Waals surface area contributed by atoms with Crippen LogP contribution in [0.4, 0.5) is 11.4 Å². The summed E-state index contributed by atoms with van der Waals surface area (Å²) in [5, 5.41) is 13.5. The molecule has 2 rings (SSSR count). The van der Waals surface area contributed by atoms with Gasteiger partial charge in [0.1, 0.15) is 0 Å². The molecule has 1 unspecified atom stereocenters. The van der Waals surface area contributed by atoms with E-state index in [1.165, 1.54) is 19.2 Å². The molecule has 8 heteroatoms. The summed E-state index contributed by atoms with van der Waals surface area (Å²) in [7, 11) is 0.586. The molecule has 0 bridgehead atoms. The highest BCUT2D eigenvalue weighted by Crippen LogP contribution is 2.34. The molecule has 0 radical (unpaired) electrons. The Labute approximate surface area is 144 Å². The number of hydrogen-bond acceptors (Lipinski definition) is 5. The number of nitrogens with zero attached hydrogens (tertiary/aromatic N) is 2. The second-order valence-electron chi connectivity index (χ2n) is 5.90. The van der Waals surface area contributed by atoms with Gasteiger partial charge in [-0.3, -0.25) is 19.1 Å². The molecular weight excluding hydrogens is 330 g/mol. The number of rotatable bonds is 5. The number of nitrogens with one attached hydrogen (secondary N) is 1. The van der Waals surface area contributed by atoms with E-state index in [9.17, 15) is 19.1 Å². The molecule has 1 N–H and O–H groups in total. The van der Waals surface area contributed by atoms with Crippen LogP contribution in [0.3, 0.4) is 0 Å². The minimum absolute atomic E-state index is 0.116. The number of anilines is 1. The van der Waals surface area contributed by atoms with Crippen LogP contribution >= 0.6 is 0 Å². The second-order valence-corrected chi connectivity index (χ2v) is 7.86. The Balaban J connectivity index is 2.46. The zero-order valence-electron chi connectivity index (χ0n) is 14.2. The molecule has 1 aromatic carbocycles. The molecule has 0 spiro atoms. The molecule has 1 fully saturated rings. The topological polar surface area (TPSA) is 92.5 Å². The molecule has 0 saturated carbocycles. The number of hydrogen-bond donors (Lipinski definition) is 1. The lowest BCUT2D eigenvalue weighted by Crippen LogP contribution is -2.53. The average Bonchev–Trinajstić information content (AvgIpc) is 2.61. The van der Waals surface area contributed by atoms with Crippen LogP contribution < -0.4 is 10.2 Å². The molecule has 1 saturated heterocycles. The fourth-order valence-electron chi connectivity index (χ4n) is 3.14. The van der Waals surface area contributed by atoms with Crippen molar-refractivity contribution in [2.45, 2.75) is 31.4 Å². The molecular formula is C16H23N3O4S. The molecule has 132 valence electrons. The van der Waals surface area contributed by atoms with E-state index in [0.29, 0.717) is 24.5 Å². The average molecular weight is 353 g/mol. The van der Waals surface area contributed by atoms with Crippen molar-refractivity contribution in [3.63, 3.8) is 0 Å². The smallest absolute Gasteiger partial charge is 0.270 e. The number of non-ortho nitro benzene ring substituents is 1. The maximum Gasteiger partial charge on any atom is 0.270 e. The third-order valence-corrected chi connectivity index (χ3v) is 7.03. The Morgan fingerprint density at radius 1 is 1.42 bits per heavy atom. The first-order chi connectivity index (χ1) is 11.4. The zero-order chi connectivity index (χ0) is 17.9. The predicted octanol–water partition coefficient (Wildman–Crippen LogP) is 2.08. The van der Waals surface area contributed by atoms with Crippen LogP contribution in [0.2, 0.25) is 0 Å². The lowest BCUT2D eigenvalue weighted by Gasteiger charge is -2.42. The van der Waals surface area contributed by atoms with Crippen LogP contribution in [-0.4, -0.2) is 45.7 Å². The summed E-state index contributed by atoms with van der Waals surface area (Å²) in [5.41, 5.74) is 0.818. The second kappa shape index (κ2) is 7.29. The largest absolute Gasteiger partial charge is 0.368 e. The highest BCUT2D eigenvalue weighted by molar-refractivity contribution is 7.86. The summed E-state index contributed by atoms with van der Waals surface area (Å²) < 4.78 is 12.2. The monoisotopic (exact) mass is 353 g/mol. The summed E-state index contributed by atoms with van der Waals surface area (Å²) in [6, 6.07) is 4.33. The van der Waals surface area contributed by atoms with Gasteiger partial charge < -0.3 is 10.2 Å². The zero-order valence-corrected chi connectivity index (χ0v) is 15.0. The molecule has 24 heavy (non-hydrogen) atoms. The third-order valence-electron chi connectivity index (χ3n) is 4.80. The quantitative estimate of drug-likeness (QED) is 0.646. The van der Waals surface area contributed by atoms with Crippen molar-refractivity contribution in [3.05, 3.63) is 33.9 Å². The fourth-order valence-corrected chi connectivity index (χ4v) is 4.90. The summed E-state index contributed by atoms with van der Waals surface area (Å²) in [5.74, 6) is 0.172. The van der Waals surface area contributed by atoms with Crippen molar-refractivity contribution in [3.8, 4) is 0 Å². The molecule has 1 atom stereocenters. The van der Waals surface area contributed by atoms with Crippen molar-refractivity contribution < 1.29 is 13.9 Å². The van der Waals surface area contributed by atoms with Gasteiger partial charge in [-0.25, -0.2) is 0 Å². The van der Waals surface area contributed by atoms with Gasteiger partial charge >= 0.3 is 0 Å². The van der Waals surface area contributed by atoms with E-state index >= 15 is 0 Å². The maximum absolute atomic E-state index is 12.5. The van der Waals surface area contributed by atoms with E-state index in [1.807, 2.05) is 18.7 Å². The highest BCUT2D eigenvalue weighted by atomic mass is 32.2. The fraction of sp³-hybridized carbons (Fsp3) is 0.562. The lowest BCUT2D eigenvalue weighted by atomic mass is 10.00. The highest BCUT2D eigenvalue weighted by Gasteiger charge is 2.39. The van der Waals surface area contributed by atoms with Gasteiger partial charge in [-0.15, -0.1) is 0 Å². The van der Waals surface area contributed by atoms with E-state index < -0.39 is 15.7 Å². The van der Waals surface area contributed by atoms with Crippen molar-refractivity contribution in [2.75, 3.05) is 30.8 Å². The van der Waals surface area contributed by atoms with Crippen LogP contribution in [0.5, 0.6) is 0 Å². The number of carbonyl (C=O) groups is 1. The Hall–Kier alpha value is -1.96. The predicted molar refractivity (Wildman–Crippen MR) is 95.0 cm³/mol. The van der Waals surface area contributed by atoms with Gasteiger partial charge in [0.25, 0.3) is 11.6 Å². The Morgan fingerprint density at radius 3 is 2.62 bits per heavy atom. The van der Waals surface area contributed by atoms with Crippen LogP contribution in [0.25, 0.3) is 0 Å². The Kier molecular flexibility index (Phi) is 5.58. The molecule has 7 nitrogen and oxygen atoms in total. The van der Waals surface area contributed by atoms with Crippen LogP contribution in [0.1, 0.15) is 37.0 Å². The van der Waals surface area contributed by atoms with Crippen molar-refractivity contribution in [2.24, 2.45) is 0 Å². The summed E-state index contributed by atoms with van der Waals surface area (Å²) in [6.07, 6.45) is 1.57. The SMILES string of the molecule is CCC1(CC)CN(c2ccc([N+](=O)[O-])cc2C(=O)NC)CCS1=O. The summed E-state index contributed by atoms with van der Waals surface area (Å²) in [4.78, 5) is 24.7. The van der Waals surface area contributed by atoms with Gasteiger partial charge in [-0.1, -0.05) is 13.8 Å². The summed E-state index contributed by atoms with van der Waals surface area (Å²) in [6.45, 7) is 5.20. The van der Waals surface area contributed by atoms with Gasteiger partial charge in [-0.2, -0.15) is 0 Å². The van der Waals surface area contributed by atoms with Crippen molar-refractivity contribution in [1.29, 1.82) is 0 Å². The van der Waals surface area contributed by atoms with Gasteiger partial charge in [0.05, 0.1) is 20.9 Å². The van der Waals surface area contributed by atoms with Crippen LogP contribution in [-0.2, 0) is 10.8 Å². The van der Waals surface area contributed by atoms with E-state index in [2.05, 4.69) is 5.32 Å². The number of amides is 1. The lowest BCUT2D eigenvalue weighted by molar-refractivity contribution is -0.384. The van der Waals surface area contributed by atoms with Gasteiger partial charge in [0.2, 0.25) is 0 Å². The summed E-state index contributed by atoms with van der Waals surface area (Å²) >= 11 is 0. The first-order valence-corrected chi connectivity index (χ1v) is 9.34. The Morgan fingerprint density at radius 2 is 2.08 bits per heavy atom. The van der Waals surface area contributed by atoms with E-state index in [4.69, 9.17) is 0 Å². The molecule has 0 aromatic heterocycles. The molecule has 0 aliphatic carbocycles. The van der Waals surface area contributed by atoms with Gasteiger partial charge in [0, 0.05) is 48.8 Å². The number of nitro groups is 1. The molecule has 1 aromatic rings. The standard InChI is InChI=1S/C16H23N3O4S/c1-4-16(5-2)11-18(8-9-24(16)23)14-7-6-12(19(21)22)10-13(14)15(20)17-3/h6-7,10H,4-5,8-9,11H2,1-3H3,(H,17,20). The number of benzene rings is 1. The van der Waals surface area contributed by atoms with Crippen molar-refractivity contribution in [1.82, 2.24) is 5.32 Å². The molecule has 1 amide bonds. The van der Waals surface area contributed by atoms with Crippen LogP contribution in [0, 0.1) is 10.1 Å². The molecule has 1 heterocycles. The first kappa shape index (κ1) is 18.4. The van der Waals surface area contributed by atoms with E-state index in [1.54, 1.807) is 6.07 Å². The third kappa shape index (κ3) is 3.28. The first-order valence-electron chi connectivity index (χ1n) is 8.02. The van der Waals surface area contributed by atoms with Crippen LogP contribution in [0.15, 0.2) is 18.2 Å². The number of nitro benzene ring substituents is 1. The molecule has 1 aliphatic heterocycles. The Bertz CT molecular complexity index is 673. The minimum atomic E-state index is -0.912. The maximum atomic E-state index is 12.5. The van der Waals surface area contributed by atoms with Crippen molar-refractivity contribution >= 4 is 28.1 Å². The molecule has 1 aliphatic rings. The van der Waals surface area contributed by atoms with E-state index in [-0.39, 0.29) is 21.9 Å². The normalized spacial score (nSPS) is 19.8.